The minimum atomic E-state index is -3.64. The lowest BCUT2D eigenvalue weighted by Gasteiger charge is -2.12. The quantitative estimate of drug-likeness (QED) is 0.817. The van der Waals surface area contributed by atoms with Crippen LogP contribution in [0.25, 0.3) is 0 Å². The Bertz CT molecular complexity index is 1060. The van der Waals surface area contributed by atoms with Crippen molar-refractivity contribution in [3.63, 3.8) is 0 Å². The van der Waals surface area contributed by atoms with E-state index in [1.807, 2.05) is 0 Å². The molecule has 4 rings (SSSR count). The molecule has 1 amide bonds. The van der Waals surface area contributed by atoms with Crippen LogP contribution in [0.15, 0.2) is 52.4 Å². The van der Waals surface area contributed by atoms with E-state index in [0.29, 0.717) is 36.0 Å². The van der Waals surface area contributed by atoms with Crippen molar-refractivity contribution in [2.75, 3.05) is 18.5 Å². The molecule has 0 aromatic heterocycles. The first kappa shape index (κ1) is 18.3. The second kappa shape index (κ2) is 7.16. The Balaban J connectivity index is 1.52. The van der Waals surface area contributed by atoms with E-state index < -0.39 is 16.1 Å². The van der Waals surface area contributed by atoms with Crippen LogP contribution < -0.4 is 19.5 Å². The number of anilines is 1. The maximum Gasteiger partial charge on any atom is 0.263 e. The number of nitrogens with one attached hydrogen (secondary N) is 2. The largest absolute Gasteiger partial charge is 0.490 e. The van der Waals surface area contributed by atoms with Gasteiger partial charge >= 0.3 is 0 Å². The van der Waals surface area contributed by atoms with E-state index >= 15 is 0 Å². The summed E-state index contributed by atoms with van der Waals surface area (Å²) >= 11 is 0. The lowest BCUT2D eigenvalue weighted by Crippen LogP contribution is -2.28. The summed E-state index contributed by atoms with van der Waals surface area (Å²) in [7, 11) is -3.64. The van der Waals surface area contributed by atoms with E-state index in [2.05, 4.69) is 15.0 Å². The monoisotopic (exact) mass is 401 g/mol. The summed E-state index contributed by atoms with van der Waals surface area (Å²) in [6.45, 7) is 2.74. The maximum atomic E-state index is 12.5. The van der Waals surface area contributed by atoms with Crippen molar-refractivity contribution >= 4 is 27.5 Å². The van der Waals surface area contributed by atoms with E-state index in [4.69, 9.17) is 9.47 Å². The number of hydrogen-bond acceptors (Lipinski definition) is 6. The first-order valence-electron chi connectivity index (χ1n) is 8.84. The molecule has 0 bridgehead atoms. The Morgan fingerprint density at radius 2 is 1.89 bits per heavy atom. The summed E-state index contributed by atoms with van der Waals surface area (Å²) in [5, 5.41) is 2.77. The van der Waals surface area contributed by atoms with Gasteiger partial charge in [-0.3, -0.25) is 14.5 Å². The fraction of sp³-hybridized carbons (Fsp3) is 0.263. The van der Waals surface area contributed by atoms with Gasteiger partial charge in [0, 0.05) is 23.7 Å². The molecule has 146 valence electrons. The number of rotatable bonds is 3. The van der Waals surface area contributed by atoms with Gasteiger partial charge in [0.2, 0.25) is 5.91 Å². The molecule has 1 atom stereocenters. The Hall–Kier alpha value is -3.07. The van der Waals surface area contributed by atoms with Gasteiger partial charge in [0.25, 0.3) is 10.0 Å². The normalized spacial score (nSPS) is 19.2. The Kier molecular flexibility index (Phi) is 4.68. The number of nitrogens with zero attached hydrogens (tertiary/aromatic N) is 1. The van der Waals surface area contributed by atoms with Crippen molar-refractivity contribution < 1.29 is 22.7 Å². The lowest BCUT2D eigenvalue weighted by molar-refractivity contribution is -0.117. The second-order valence-corrected chi connectivity index (χ2v) is 8.11. The number of amidine groups is 1. The molecular formula is C19H19N3O5S. The van der Waals surface area contributed by atoms with Gasteiger partial charge < -0.3 is 14.8 Å². The smallest absolute Gasteiger partial charge is 0.263 e. The highest BCUT2D eigenvalue weighted by Gasteiger charge is 2.31. The molecule has 28 heavy (non-hydrogen) atoms. The molecule has 2 N–H and O–H groups in total. The topological polar surface area (TPSA) is 106 Å². The van der Waals surface area contributed by atoms with Crippen LogP contribution in [0.5, 0.6) is 11.5 Å². The van der Waals surface area contributed by atoms with Crippen LogP contribution in [-0.2, 0) is 14.8 Å². The first-order valence-corrected chi connectivity index (χ1v) is 10.3. The molecule has 0 radical (unpaired) electrons. The summed E-state index contributed by atoms with van der Waals surface area (Å²) < 4.78 is 37.9. The standard InChI is InChI=1S/C19H19N3O5S/c1-12(20-18-14-5-2-3-6-17(14)28(24,25)22-18)19(23)21-13-7-8-15-16(11-13)27-10-4-9-26-15/h2-3,5-8,11-12H,4,9-10H2,1H3,(H,20,22)(H,21,23)/t12-/m0/s1. The lowest BCUT2D eigenvalue weighted by atomic mass is 10.2. The number of carbonyl (C=O) groups is 1. The van der Waals surface area contributed by atoms with Gasteiger partial charge in [0.15, 0.2) is 11.5 Å². The van der Waals surface area contributed by atoms with Gasteiger partial charge in [-0.15, -0.1) is 0 Å². The minimum Gasteiger partial charge on any atom is -0.490 e. The molecule has 0 fully saturated rings. The van der Waals surface area contributed by atoms with Crippen molar-refractivity contribution in [1.82, 2.24) is 4.72 Å². The molecule has 0 aliphatic carbocycles. The van der Waals surface area contributed by atoms with Crippen molar-refractivity contribution in [3.05, 3.63) is 48.0 Å². The molecule has 2 aliphatic rings. The highest BCUT2D eigenvalue weighted by molar-refractivity contribution is 7.90. The molecule has 2 aromatic carbocycles. The predicted octanol–water partition coefficient (Wildman–Crippen LogP) is 1.91. The third-order valence-electron chi connectivity index (χ3n) is 4.38. The Labute approximate surface area is 162 Å². The zero-order valence-corrected chi connectivity index (χ0v) is 16.0. The highest BCUT2D eigenvalue weighted by Crippen LogP contribution is 2.32. The fourth-order valence-corrected chi connectivity index (χ4v) is 4.21. The summed E-state index contributed by atoms with van der Waals surface area (Å²) in [6, 6.07) is 10.9. The molecule has 0 saturated carbocycles. The predicted molar refractivity (Wildman–Crippen MR) is 103 cm³/mol. The van der Waals surface area contributed by atoms with E-state index in [1.54, 1.807) is 43.3 Å². The Morgan fingerprint density at radius 3 is 2.71 bits per heavy atom. The number of ether oxygens (including phenoxy) is 2. The molecule has 9 heteroatoms. The SMILES string of the molecule is C[C@H](N=C1NS(=O)(=O)c2ccccc21)C(=O)Nc1ccc2c(c1)OCCCO2. The summed E-state index contributed by atoms with van der Waals surface area (Å²) in [4.78, 5) is 17.0. The number of sulfonamides is 1. The fourth-order valence-electron chi connectivity index (χ4n) is 2.97. The molecular weight excluding hydrogens is 382 g/mol. The van der Waals surface area contributed by atoms with Crippen molar-refractivity contribution in [2.24, 2.45) is 4.99 Å². The number of aliphatic imine (C=N–C) groups is 1. The van der Waals surface area contributed by atoms with Crippen LogP contribution >= 0.6 is 0 Å². The van der Waals surface area contributed by atoms with E-state index in [1.165, 1.54) is 6.07 Å². The molecule has 2 heterocycles. The highest BCUT2D eigenvalue weighted by atomic mass is 32.2. The van der Waals surface area contributed by atoms with Crippen LogP contribution in [0.2, 0.25) is 0 Å². The van der Waals surface area contributed by atoms with Crippen LogP contribution in [0, 0.1) is 0 Å². The summed E-state index contributed by atoms with van der Waals surface area (Å²) in [5.74, 6) is 1.01. The second-order valence-electron chi connectivity index (χ2n) is 6.46. The van der Waals surface area contributed by atoms with Crippen LogP contribution in [0.3, 0.4) is 0 Å². The number of carbonyl (C=O) groups excluding carboxylic acids is 1. The van der Waals surface area contributed by atoms with Crippen LogP contribution in [-0.4, -0.2) is 39.4 Å². The minimum absolute atomic E-state index is 0.157. The van der Waals surface area contributed by atoms with Crippen molar-refractivity contribution in [3.8, 4) is 11.5 Å². The van der Waals surface area contributed by atoms with Crippen LogP contribution in [0.1, 0.15) is 18.9 Å². The van der Waals surface area contributed by atoms with Gasteiger partial charge in [0.1, 0.15) is 11.9 Å². The molecule has 2 aromatic rings. The van der Waals surface area contributed by atoms with Gasteiger partial charge in [-0.25, -0.2) is 8.42 Å². The third kappa shape index (κ3) is 3.53. The molecule has 0 unspecified atom stereocenters. The average Bonchev–Trinajstić information content (AvgIpc) is 2.82. The number of benzene rings is 2. The van der Waals surface area contributed by atoms with Gasteiger partial charge in [-0.05, 0) is 31.2 Å². The molecule has 2 aliphatic heterocycles. The number of hydrogen-bond donors (Lipinski definition) is 2. The zero-order valence-electron chi connectivity index (χ0n) is 15.1. The summed E-state index contributed by atoms with van der Waals surface area (Å²) in [5.41, 5.74) is 1.01. The zero-order chi connectivity index (χ0) is 19.7. The van der Waals surface area contributed by atoms with E-state index in [-0.39, 0.29) is 16.6 Å². The summed E-state index contributed by atoms with van der Waals surface area (Å²) in [6.07, 6.45) is 0.794. The third-order valence-corrected chi connectivity index (χ3v) is 5.78. The molecule has 8 nitrogen and oxygen atoms in total. The molecule has 0 saturated heterocycles. The number of amides is 1. The van der Waals surface area contributed by atoms with Gasteiger partial charge in [-0.1, -0.05) is 12.1 Å². The Morgan fingerprint density at radius 1 is 1.14 bits per heavy atom. The average molecular weight is 401 g/mol. The molecule has 0 spiro atoms. The van der Waals surface area contributed by atoms with Gasteiger partial charge in [0.05, 0.1) is 18.1 Å². The van der Waals surface area contributed by atoms with Crippen molar-refractivity contribution in [1.29, 1.82) is 0 Å². The van der Waals surface area contributed by atoms with Crippen LogP contribution in [0.4, 0.5) is 5.69 Å². The maximum absolute atomic E-state index is 12.5. The van der Waals surface area contributed by atoms with E-state index in [9.17, 15) is 13.2 Å². The van der Waals surface area contributed by atoms with Crippen molar-refractivity contribution in [2.45, 2.75) is 24.3 Å². The van der Waals surface area contributed by atoms with E-state index in [0.717, 1.165) is 6.42 Å². The first-order chi connectivity index (χ1) is 13.4. The van der Waals surface area contributed by atoms with Gasteiger partial charge in [-0.2, -0.15) is 0 Å². The number of fused-ring (bicyclic) bond motifs is 2.